The zero-order valence-electron chi connectivity index (χ0n) is 7.91. The smallest absolute Gasteiger partial charge is 0.223 e. The molecular weight excluding hydrogens is 255 g/mol. The highest BCUT2D eigenvalue weighted by molar-refractivity contribution is 8.13. The van der Waals surface area contributed by atoms with E-state index in [-0.39, 0.29) is 10.4 Å². The molecule has 6 heteroatoms. The van der Waals surface area contributed by atoms with E-state index in [1.54, 1.807) is 6.08 Å². The molecule has 0 aliphatic rings. The summed E-state index contributed by atoms with van der Waals surface area (Å²) in [4.78, 5) is 18.2. The monoisotopic (exact) mass is 262 g/mol. The van der Waals surface area contributed by atoms with Crippen molar-refractivity contribution in [1.29, 1.82) is 0 Å². The van der Waals surface area contributed by atoms with Crippen LogP contribution in [0.5, 0.6) is 0 Å². The topological polar surface area (TPSA) is 42.9 Å². The molecule has 0 saturated heterocycles. The predicted molar refractivity (Wildman–Crippen MR) is 64.2 cm³/mol. The number of aromatic nitrogens is 2. The maximum atomic E-state index is 10.6. The van der Waals surface area contributed by atoms with Gasteiger partial charge in [-0.2, -0.15) is 0 Å². The Balaban J connectivity index is 2.60. The number of halogens is 2. The van der Waals surface area contributed by atoms with Crippen LogP contribution in [0.4, 0.5) is 0 Å². The van der Waals surface area contributed by atoms with Crippen LogP contribution < -0.4 is 0 Å². The lowest BCUT2D eigenvalue weighted by atomic mass is 10.3. The normalized spacial score (nSPS) is 10.9. The van der Waals surface area contributed by atoms with E-state index in [2.05, 4.69) is 9.97 Å². The van der Waals surface area contributed by atoms with Crippen molar-refractivity contribution in [3.8, 4) is 0 Å². The van der Waals surface area contributed by atoms with Gasteiger partial charge in [0.15, 0.2) is 5.12 Å². The van der Waals surface area contributed by atoms with Crippen LogP contribution >= 0.6 is 35.0 Å². The molecule has 0 fully saturated rings. The van der Waals surface area contributed by atoms with Gasteiger partial charge >= 0.3 is 0 Å². The van der Waals surface area contributed by atoms with Gasteiger partial charge in [0.1, 0.15) is 5.15 Å². The summed E-state index contributed by atoms with van der Waals surface area (Å²) in [5, 5.41) is 0.507. The fraction of sp³-hybridized carbons (Fsp3) is 0.222. The maximum absolute atomic E-state index is 10.6. The molecule has 0 spiro atoms. The van der Waals surface area contributed by atoms with Crippen molar-refractivity contribution in [3.05, 3.63) is 28.3 Å². The van der Waals surface area contributed by atoms with Crippen LogP contribution in [0.25, 0.3) is 6.08 Å². The Morgan fingerprint density at radius 1 is 1.60 bits per heavy atom. The van der Waals surface area contributed by atoms with E-state index in [9.17, 15) is 4.79 Å². The second-order valence-corrected chi connectivity index (χ2v) is 4.48. The number of carbonyl (C=O) groups is 1. The van der Waals surface area contributed by atoms with Crippen LogP contribution in [0.1, 0.15) is 12.5 Å². The van der Waals surface area contributed by atoms with Gasteiger partial charge in [0.25, 0.3) is 0 Å². The zero-order valence-corrected chi connectivity index (χ0v) is 10.2. The van der Waals surface area contributed by atoms with Crippen LogP contribution in [0.15, 0.2) is 12.3 Å². The van der Waals surface area contributed by atoms with E-state index in [1.807, 2.05) is 6.08 Å². The third-order valence-corrected chi connectivity index (χ3v) is 2.67. The van der Waals surface area contributed by atoms with Gasteiger partial charge in [-0.3, -0.25) is 4.79 Å². The van der Waals surface area contributed by atoms with Gasteiger partial charge in [-0.15, -0.1) is 0 Å². The lowest BCUT2D eigenvalue weighted by Crippen LogP contribution is -1.86. The minimum Gasteiger partial charge on any atom is -0.288 e. The summed E-state index contributed by atoms with van der Waals surface area (Å²) in [6, 6.07) is 0. The molecule has 0 unspecified atom stereocenters. The molecule has 3 nitrogen and oxygen atoms in total. The van der Waals surface area contributed by atoms with E-state index in [0.29, 0.717) is 16.5 Å². The first kappa shape index (κ1) is 12.5. The summed E-state index contributed by atoms with van der Waals surface area (Å²) in [5.41, 5.74) is 0.685. The zero-order chi connectivity index (χ0) is 11.3. The quantitative estimate of drug-likeness (QED) is 0.620. The highest BCUT2D eigenvalue weighted by Gasteiger charge is 1.99. The molecule has 0 atom stereocenters. The fourth-order valence-electron chi connectivity index (χ4n) is 0.803. The Hall–Kier alpha value is -0.580. The lowest BCUT2D eigenvalue weighted by molar-refractivity contribution is -0.109. The summed E-state index contributed by atoms with van der Waals surface area (Å²) in [6.45, 7) is 1.52. The molecular formula is C9H8Cl2N2OS. The molecule has 1 aromatic rings. The molecule has 0 radical (unpaired) electrons. The number of hydrogen-bond donors (Lipinski definition) is 0. The van der Waals surface area contributed by atoms with Crippen molar-refractivity contribution in [2.45, 2.75) is 6.92 Å². The third kappa shape index (κ3) is 4.64. The Labute approximate surface area is 102 Å². The van der Waals surface area contributed by atoms with Crippen molar-refractivity contribution in [2.75, 3.05) is 5.75 Å². The van der Waals surface area contributed by atoms with Gasteiger partial charge in [-0.05, 0) is 11.6 Å². The van der Waals surface area contributed by atoms with E-state index >= 15 is 0 Å². The first-order valence-corrected chi connectivity index (χ1v) is 5.81. The Morgan fingerprint density at radius 3 is 2.93 bits per heavy atom. The van der Waals surface area contributed by atoms with Crippen molar-refractivity contribution in [2.24, 2.45) is 0 Å². The molecule has 1 aromatic heterocycles. The van der Waals surface area contributed by atoms with Crippen LogP contribution in [0.3, 0.4) is 0 Å². The van der Waals surface area contributed by atoms with Crippen molar-refractivity contribution in [1.82, 2.24) is 9.97 Å². The van der Waals surface area contributed by atoms with Crippen molar-refractivity contribution < 1.29 is 4.79 Å². The second-order valence-electron chi connectivity index (χ2n) is 2.59. The van der Waals surface area contributed by atoms with E-state index < -0.39 is 0 Å². The average molecular weight is 263 g/mol. The molecule has 0 aliphatic carbocycles. The van der Waals surface area contributed by atoms with Gasteiger partial charge in [-0.1, -0.05) is 35.5 Å². The standard InChI is InChI=1S/C9H8Cl2N2OS/c1-6(14)15-4-2-3-7-5-12-9(11)13-8(7)10/h2-3,5H,4H2,1H3. The van der Waals surface area contributed by atoms with Gasteiger partial charge in [0, 0.05) is 24.4 Å². The van der Waals surface area contributed by atoms with Gasteiger partial charge in [-0.25, -0.2) is 9.97 Å². The summed E-state index contributed by atoms with van der Waals surface area (Å²) in [7, 11) is 0. The number of carbonyl (C=O) groups excluding carboxylic acids is 1. The molecule has 0 aromatic carbocycles. The number of rotatable bonds is 3. The second kappa shape index (κ2) is 6.10. The van der Waals surface area contributed by atoms with Crippen LogP contribution in [0, 0.1) is 0 Å². The molecule has 15 heavy (non-hydrogen) atoms. The fourth-order valence-corrected chi connectivity index (χ4v) is 1.60. The van der Waals surface area contributed by atoms with Gasteiger partial charge in [0.2, 0.25) is 5.28 Å². The largest absolute Gasteiger partial charge is 0.288 e. The van der Waals surface area contributed by atoms with Crippen LogP contribution in [-0.2, 0) is 4.79 Å². The molecule has 1 heterocycles. The molecule has 80 valence electrons. The highest BCUT2D eigenvalue weighted by Crippen LogP contribution is 2.16. The number of nitrogens with zero attached hydrogens (tertiary/aromatic N) is 2. The molecule has 0 amide bonds. The van der Waals surface area contributed by atoms with Crippen LogP contribution in [0.2, 0.25) is 10.4 Å². The van der Waals surface area contributed by atoms with E-state index in [1.165, 1.54) is 24.9 Å². The first-order valence-electron chi connectivity index (χ1n) is 4.07. The Kier molecular flexibility index (Phi) is 5.08. The number of hydrogen-bond acceptors (Lipinski definition) is 4. The van der Waals surface area contributed by atoms with Crippen molar-refractivity contribution >= 4 is 46.2 Å². The lowest BCUT2D eigenvalue weighted by Gasteiger charge is -1.96. The van der Waals surface area contributed by atoms with Crippen LogP contribution in [-0.4, -0.2) is 20.8 Å². The highest BCUT2D eigenvalue weighted by atomic mass is 35.5. The molecule has 0 bridgehead atoms. The third-order valence-electron chi connectivity index (χ3n) is 1.42. The Morgan fingerprint density at radius 2 is 2.33 bits per heavy atom. The number of thioether (sulfide) groups is 1. The summed E-state index contributed by atoms with van der Waals surface area (Å²) in [5.74, 6) is 0.605. The summed E-state index contributed by atoms with van der Waals surface area (Å²) < 4.78 is 0. The van der Waals surface area contributed by atoms with Crippen molar-refractivity contribution in [3.63, 3.8) is 0 Å². The summed E-state index contributed by atoms with van der Waals surface area (Å²) in [6.07, 6.45) is 5.12. The molecule has 1 rings (SSSR count). The van der Waals surface area contributed by atoms with E-state index in [4.69, 9.17) is 23.2 Å². The van der Waals surface area contributed by atoms with Gasteiger partial charge < -0.3 is 0 Å². The molecule has 0 aliphatic heterocycles. The SMILES string of the molecule is CC(=O)SCC=Cc1cnc(Cl)nc1Cl. The first-order chi connectivity index (χ1) is 7.09. The predicted octanol–water partition coefficient (Wildman–Crippen LogP) is 3.08. The molecule has 0 saturated carbocycles. The average Bonchev–Trinajstić information content (AvgIpc) is 2.14. The maximum Gasteiger partial charge on any atom is 0.223 e. The molecule has 0 N–H and O–H groups in total. The van der Waals surface area contributed by atoms with E-state index in [0.717, 1.165) is 0 Å². The van der Waals surface area contributed by atoms with Gasteiger partial charge in [0.05, 0.1) is 0 Å². The Bertz CT molecular complexity index is 396. The minimum atomic E-state index is 0.0816. The minimum absolute atomic E-state index is 0.0816. The summed E-state index contributed by atoms with van der Waals surface area (Å²) >= 11 is 12.6.